The molecule has 0 fully saturated rings. The molecule has 1 aliphatic heterocycles. The van der Waals surface area contributed by atoms with Gasteiger partial charge in [-0.25, -0.2) is 0 Å². The van der Waals surface area contributed by atoms with Crippen LogP contribution < -0.4 is 14.8 Å². The molecule has 1 heterocycles. The van der Waals surface area contributed by atoms with Gasteiger partial charge in [0.2, 0.25) is 12.7 Å². The zero-order valence-corrected chi connectivity index (χ0v) is 12.9. The van der Waals surface area contributed by atoms with Gasteiger partial charge in [0.1, 0.15) is 0 Å². The van der Waals surface area contributed by atoms with Gasteiger partial charge >= 0.3 is 0 Å². The molecule has 1 aliphatic rings. The third kappa shape index (κ3) is 4.81. The van der Waals surface area contributed by atoms with E-state index in [4.69, 9.17) is 9.47 Å². The second-order valence-corrected chi connectivity index (χ2v) is 5.83. The Balaban J connectivity index is 1.84. The first-order chi connectivity index (χ1) is 10.0. The fourth-order valence-electron chi connectivity index (χ4n) is 2.14. The SMILES string of the molecule is CC(C)CCC(C)NC(=O)/C=C/c1ccc2c(c1)OCO2. The number of rotatable bonds is 6. The topological polar surface area (TPSA) is 47.6 Å². The molecule has 0 saturated heterocycles. The Morgan fingerprint density at radius 2 is 2.00 bits per heavy atom. The number of ether oxygens (including phenoxy) is 2. The van der Waals surface area contributed by atoms with Gasteiger partial charge in [0.25, 0.3) is 0 Å². The molecule has 1 amide bonds. The van der Waals surface area contributed by atoms with Crippen molar-refractivity contribution in [2.24, 2.45) is 5.92 Å². The van der Waals surface area contributed by atoms with Crippen molar-refractivity contribution in [1.82, 2.24) is 5.32 Å². The molecule has 1 aromatic rings. The van der Waals surface area contributed by atoms with E-state index in [1.807, 2.05) is 25.1 Å². The standard InChI is InChI=1S/C17H23NO3/c1-12(2)4-5-13(3)18-17(19)9-7-14-6-8-15-16(10-14)21-11-20-15/h6-10,12-13H,4-5,11H2,1-3H3,(H,18,19)/b9-7+. The van der Waals surface area contributed by atoms with Gasteiger partial charge in [-0.05, 0) is 49.5 Å². The van der Waals surface area contributed by atoms with Gasteiger partial charge in [0.15, 0.2) is 11.5 Å². The van der Waals surface area contributed by atoms with Crippen LogP contribution in [0.15, 0.2) is 24.3 Å². The summed E-state index contributed by atoms with van der Waals surface area (Å²) < 4.78 is 10.6. The van der Waals surface area contributed by atoms with Crippen molar-refractivity contribution >= 4 is 12.0 Å². The van der Waals surface area contributed by atoms with Crippen LogP contribution >= 0.6 is 0 Å². The molecule has 0 aromatic heterocycles. The lowest BCUT2D eigenvalue weighted by atomic mass is 10.0. The van der Waals surface area contributed by atoms with Gasteiger partial charge in [-0.15, -0.1) is 0 Å². The molecular formula is C17H23NO3. The van der Waals surface area contributed by atoms with Crippen LogP contribution in [0.4, 0.5) is 0 Å². The molecule has 0 saturated carbocycles. The number of nitrogens with one attached hydrogen (secondary N) is 1. The molecule has 4 heteroatoms. The lowest BCUT2D eigenvalue weighted by Gasteiger charge is -2.13. The summed E-state index contributed by atoms with van der Waals surface area (Å²) >= 11 is 0. The summed E-state index contributed by atoms with van der Waals surface area (Å²) in [6, 6.07) is 5.82. The van der Waals surface area contributed by atoms with Crippen LogP contribution in [0.2, 0.25) is 0 Å². The molecule has 0 bridgehead atoms. The molecule has 0 radical (unpaired) electrons. The molecule has 114 valence electrons. The van der Waals surface area contributed by atoms with Crippen LogP contribution in [0, 0.1) is 5.92 Å². The summed E-state index contributed by atoms with van der Waals surface area (Å²) in [6.45, 7) is 6.67. The predicted octanol–water partition coefficient (Wildman–Crippen LogP) is 3.37. The molecule has 4 nitrogen and oxygen atoms in total. The Bertz CT molecular complexity index is 523. The van der Waals surface area contributed by atoms with Crippen LogP contribution in [0.5, 0.6) is 11.5 Å². The van der Waals surface area contributed by atoms with E-state index >= 15 is 0 Å². The third-order valence-electron chi connectivity index (χ3n) is 3.39. The normalized spacial score (nSPS) is 14.7. The molecule has 1 atom stereocenters. The number of benzene rings is 1. The second-order valence-electron chi connectivity index (χ2n) is 5.83. The number of fused-ring (bicyclic) bond motifs is 1. The largest absolute Gasteiger partial charge is 0.454 e. The fourth-order valence-corrected chi connectivity index (χ4v) is 2.14. The zero-order chi connectivity index (χ0) is 15.2. The van der Waals surface area contributed by atoms with Crippen molar-refractivity contribution < 1.29 is 14.3 Å². The first kappa shape index (κ1) is 15.4. The number of amides is 1. The van der Waals surface area contributed by atoms with Crippen molar-refractivity contribution in [3.63, 3.8) is 0 Å². The smallest absolute Gasteiger partial charge is 0.244 e. The minimum atomic E-state index is -0.0658. The van der Waals surface area contributed by atoms with Crippen LogP contribution in [-0.4, -0.2) is 18.7 Å². The second kappa shape index (κ2) is 7.16. The van der Waals surface area contributed by atoms with Gasteiger partial charge in [-0.2, -0.15) is 0 Å². The summed E-state index contributed by atoms with van der Waals surface area (Å²) in [5, 5.41) is 2.98. The van der Waals surface area contributed by atoms with Crippen LogP contribution in [-0.2, 0) is 4.79 Å². The maximum Gasteiger partial charge on any atom is 0.244 e. The predicted molar refractivity (Wildman–Crippen MR) is 83.3 cm³/mol. The van der Waals surface area contributed by atoms with E-state index in [0.717, 1.165) is 29.9 Å². The molecular weight excluding hydrogens is 266 g/mol. The lowest BCUT2D eigenvalue weighted by molar-refractivity contribution is -0.117. The van der Waals surface area contributed by atoms with E-state index in [2.05, 4.69) is 19.2 Å². The average Bonchev–Trinajstić information content (AvgIpc) is 2.90. The van der Waals surface area contributed by atoms with E-state index in [0.29, 0.717) is 5.92 Å². The van der Waals surface area contributed by atoms with Gasteiger partial charge in [-0.3, -0.25) is 4.79 Å². The van der Waals surface area contributed by atoms with Crippen molar-refractivity contribution in [2.45, 2.75) is 39.7 Å². The first-order valence-electron chi connectivity index (χ1n) is 7.43. The van der Waals surface area contributed by atoms with Gasteiger partial charge < -0.3 is 14.8 Å². The fraction of sp³-hybridized carbons (Fsp3) is 0.471. The highest BCUT2D eigenvalue weighted by Gasteiger charge is 2.12. The Hall–Kier alpha value is -1.97. The van der Waals surface area contributed by atoms with Gasteiger partial charge in [0, 0.05) is 12.1 Å². The molecule has 1 unspecified atom stereocenters. The van der Waals surface area contributed by atoms with Crippen molar-refractivity contribution in [3.05, 3.63) is 29.8 Å². The van der Waals surface area contributed by atoms with Crippen LogP contribution in [0.1, 0.15) is 39.2 Å². The summed E-state index contributed by atoms with van der Waals surface area (Å²) in [5.74, 6) is 2.07. The summed E-state index contributed by atoms with van der Waals surface area (Å²) in [6.07, 6.45) is 5.46. The van der Waals surface area contributed by atoms with Crippen LogP contribution in [0.25, 0.3) is 6.08 Å². The molecule has 1 aromatic carbocycles. The Morgan fingerprint density at radius 3 is 2.76 bits per heavy atom. The molecule has 2 rings (SSSR count). The van der Waals surface area contributed by atoms with E-state index in [-0.39, 0.29) is 18.7 Å². The summed E-state index contributed by atoms with van der Waals surface area (Å²) in [5.41, 5.74) is 0.921. The highest BCUT2D eigenvalue weighted by molar-refractivity contribution is 5.92. The van der Waals surface area contributed by atoms with E-state index in [1.54, 1.807) is 12.2 Å². The lowest BCUT2D eigenvalue weighted by Crippen LogP contribution is -2.31. The highest BCUT2D eigenvalue weighted by atomic mass is 16.7. The Labute approximate surface area is 126 Å². The number of carbonyl (C=O) groups excluding carboxylic acids is 1. The number of carbonyl (C=O) groups is 1. The number of hydrogen-bond acceptors (Lipinski definition) is 3. The maximum absolute atomic E-state index is 11.9. The van der Waals surface area contributed by atoms with Crippen molar-refractivity contribution in [1.29, 1.82) is 0 Å². The molecule has 21 heavy (non-hydrogen) atoms. The summed E-state index contributed by atoms with van der Waals surface area (Å²) in [4.78, 5) is 11.9. The number of hydrogen-bond donors (Lipinski definition) is 1. The monoisotopic (exact) mass is 289 g/mol. The minimum Gasteiger partial charge on any atom is -0.454 e. The Kier molecular flexibility index (Phi) is 5.26. The third-order valence-corrected chi connectivity index (χ3v) is 3.39. The summed E-state index contributed by atoms with van der Waals surface area (Å²) in [7, 11) is 0. The maximum atomic E-state index is 11.9. The zero-order valence-electron chi connectivity index (χ0n) is 12.9. The quantitative estimate of drug-likeness (QED) is 0.817. The average molecular weight is 289 g/mol. The highest BCUT2D eigenvalue weighted by Crippen LogP contribution is 2.32. The van der Waals surface area contributed by atoms with Crippen molar-refractivity contribution in [3.8, 4) is 11.5 Å². The van der Waals surface area contributed by atoms with Gasteiger partial charge in [-0.1, -0.05) is 19.9 Å². The first-order valence-corrected chi connectivity index (χ1v) is 7.43. The van der Waals surface area contributed by atoms with E-state index < -0.39 is 0 Å². The molecule has 0 aliphatic carbocycles. The molecule has 0 spiro atoms. The van der Waals surface area contributed by atoms with Crippen molar-refractivity contribution in [2.75, 3.05) is 6.79 Å². The van der Waals surface area contributed by atoms with E-state index in [1.165, 1.54) is 0 Å². The molecule has 1 N–H and O–H groups in total. The van der Waals surface area contributed by atoms with E-state index in [9.17, 15) is 4.79 Å². The van der Waals surface area contributed by atoms with Crippen LogP contribution in [0.3, 0.4) is 0 Å². The van der Waals surface area contributed by atoms with Gasteiger partial charge in [0.05, 0.1) is 0 Å². The Morgan fingerprint density at radius 1 is 1.24 bits per heavy atom. The minimum absolute atomic E-state index is 0.0658.